The molecule has 4 N–H and O–H groups in total. The Morgan fingerprint density at radius 3 is 2.48 bits per heavy atom. The van der Waals surface area contributed by atoms with Crippen molar-refractivity contribution in [1.82, 2.24) is 20.9 Å². The first-order valence-corrected chi connectivity index (χ1v) is 19.9. The van der Waals surface area contributed by atoms with Crippen molar-refractivity contribution in [2.24, 2.45) is 23.7 Å². The van der Waals surface area contributed by atoms with E-state index in [2.05, 4.69) is 48.0 Å². The number of fused-ring (bicyclic) bond motifs is 2. The number of hydrogen-bond acceptors (Lipinski definition) is 11. The Bertz CT molecular complexity index is 2060. The van der Waals surface area contributed by atoms with Gasteiger partial charge < -0.3 is 30.0 Å². The van der Waals surface area contributed by atoms with E-state index in [0.717, 1.165) is 28.0 Å². The summed E-state index contributed by atoms with van der Waals surface area (Å²) in [6.07, 6.45) is 7.18. The lowest BCUT2D eigenvalue weighted by Crippen LogP contribution is -2.54. The number of amides is 6. The average Bonchev–Trinajstić information content (AvgIpc) is 3.43. The molecule has 7 rings (SSSR count). The number of allylic oxidation sites excluding steroid dienone is 3. The molecule has 2 fully saturated rings. The van der Waals surface area contributed by atoms with Gasteiger partial charge in [-0.05, 0) is 72.3 Å². The highest BCUT2D eigenvalue weighted by atomic mass is 16.6. The van der Waals surface area contributed by atoms with Crippen LogP contribution >= 0.6 is 0 Å². The molecule has 15 heteroatoms. The SMILES string of the molecule is C[C@H]1C=C2C=C[C@H](C)[C@H](CC[C@@H]3C[C@@H](O)CC(=O)O3)[C@H]2[C@@H](OC(=O)NCc2cccc(CNC(=O)COc3cccc4c3C(=O)N(C3CCC(=O)NC3=O)C4=O)c2)C1. The van der Waals surface area contributed by atoms with Gasteiger partial charge in [0.2, 0.25) is 11.8 Å². The van der Waals surface area contributed by atoms with E-state index in [0.29, 0.717) is 19.3 Å². The summed E-state index contributed by atoms with van der Waals surface area (Å²) < 4.78 is 17.3. The van der Waals surface area contributed by atoms with Crippen LogP contribution in [0.2, 0.25) is 0 Å². The summed E-state index contributed by atoms with van der Waals surface area (Å²) in [7, 11) is 0. The summed E-state index contributed by atoms with van der Waals surface area (Å²) >= 11 is 0. The van der Waals surface area contributed by atoms with E-state index in [1.54, 1.807) is 0 Å². The first-order chi connectivity index (χ1) is 27.8. The number of carbonyl (C=O) groups is 7. The van der Waals surface area contributed by atoms with Gasteiger partial charge in [0.25, 0.3) is 17.7 Å². The van der Waals surface area contributed by atoms with Gasteiger partial charge in [-0.15, -0.1) is 0 Å². The smallest absolute Gasteiger partial charge is 0.407 e. The number of rotatable bonds is 12. The van der Waals surface area contributed by atoms with E-state index < -0.39 is 54.4 Å². The number of benzene rings is 2. The highest BCUT2D eigenvalue weighted by Gasteiger charge is 2.46. The zero-order chi connectivity index (χ0) is 41.1. The fourth-order valence-corrected chi connectivity index (χ4v) is 8.84. The molecule has 0 bridgehead atoms. The largest absolute Gasteiger partial charge is 0.483 e. The van der Waals surface area contributed by atoms with Crippen molar-refractivity contribution in [2.45, 2.75) is 96.2 Å². The third-order valence-electron chi connectivity index (χ3n) is 11.6. The molecular weight excluding hydrogens is 748 g/mol. The van der Waals surface area contributed by atoms with Gasteiger partial charge in [0.1, 0.15) is 24.0 Å². The molecule has 2 aromatic rings. The summed E-state index contributed by atoms with van der Waals surface area (Å²) in [5, 5.41) is 17.9. The van der Waals surface area contributed by atoms with Gasteiger partial charge in [0.15, 0.2) is 6.61 Å². The number of carbonyl (C=O) groups excluding carboxylic acids is 7. The van der Waals surface area contributed by atoms with E-state index in [4.69, 9.17) is 14.2 Å². The second-order valence-electron chi connectivity index (χ2n) is 15.9. The normalized spacial score (nSPS) is 27.8. The lowest BCUT2D eigenvalue weighted by molar-refractivity contribution is -0.160. The van der Waals surface area contributed by atoms with E-state index in [9.17, 15) is 38.7 Å². The van der Waals surface area contributed by atoms with Crippen LogP contribution < -0.4 is 20.7 Å². The second-order valence-corrected chi connectivity index (χ2v) is 15.9. The van der Waals surface area contributed by atoms with Gasteiger partial charge >= 0.3 is 12.1 Å². The van der Waals surface area contributed by atoms with Crippen LogP contribution in [-0.4, -0.2) is 82.6 Å². The molecule has 0 aromatic heterocycles. The van der Waals surface area contributed by atoms with Crippen molar-refractivity contribution < 1.29 is 52.9 Å². The van der Waals surface area contributed by atoms with E-state index in [1.807, 2.05) is 24.3 Å². The first kappa shape index (κ1) is 40.4. The fourth-order valence-electron chi connectivity index (χ4n) is 8.84. The topological polar surface area (TPSA) is 207 Å². The summed E-state index contributed by atoms with van der Waals surface area (Å²) in [5.74, 6) is -2.86. The fraction of sp³-hybridized carbons (Fsp3) is 0.465. The summed E-state index contributed by atoms with van der Waals surface area (Å²) in [4.78, 5) is 89.3. The number of ether oxygens (including phenoxy) is 3. The molecule has 8 atom stereocenters. The van der Waals surface area contributed by atoms with Crippen LogP contribution in [0.1, 0.15) is 90.6 Å². The molecule has 5 aliphatic rings. The molecular formula is C43H48N4O11. The summed E-state index contributed by atoms with van der Waals surface area (Å²) in [5.41, 5.74) is 2.70. The Balaban J connectivity index is 0.898. The third kappa shape index (κ3) is 8.99. The van der Waals surface area contributed by atoms with Crippen LogP contribution in [0, 0.1) is 23.7 Å². The molecule has 306 valence electrons. The molecule has 2 saturated heterocycles. The molecule has 3 heterocycles. The molecule has 0 saturated carbocycles. The van der Waals surface area contributed by atoms with Crippen LogP contribution in [0.25, 0.3) is 0 Å². The number of nitrogens with zero attached hydrogens (tertiary/aromatic N) is 1. The zero-order valence-electron chi connectivity index (χ0n) is 32.4. The predicted octanol–water partition coefficient (Wildman–Crippen LogP) is 3.63. The maximum atomic E-state index is 13.3. The Morgan fingerprint density at radius 2 is 1.72 bits per heavy atom. The van der Waals surface area contributed by atoms with Gasteiger partial charge in [-0.2, -0.15) is 0 Å². The quantitative estimate of drug-likeness (QED) is 0.180. The zero-order valence-corrected chi connectivity index (χ0v) is 32.4. The number of nitrogens with one attached hydrogen (secondary N) is 3. The Labute approximate surface area is 335 Å². The van der Waals surface area contributed by atoms with Crippen molar-refractivity contribution in [3.05, 3.63) is 88.5 Å². The predicted molar refractivity (Wildman–Crippen MR) is 206 cm³/mol. The summed E-state index contributed by atoms with van der Waals surface area (Å²) in [6.45, 7) is 4.14. The highest BCUT2D eigenvalue weighted by molar-refractivity contribution is 6.24. The molecule has 2 aliphatic carbocycles. The molecule has 2 aromatic carbocycles. The minimum Gasteiger partial charge on any atom is -0.483 e. The average molecular weight is 797 g/mol. The molecule has 6 amide bonds. The molecule has 15 nitrogen and oxygen atoms in total. The van der Waals surface area contributed by atoms with Gasteiger partial charge in [0, 0.05) is 31.8 Å². The number of imide groups is 2. The lowest BCUT2D eigenvalue weighted by Gasteiger charge is -2.43. The molecule has 1 unspecified atom stereocenters. The number of cyclic esters (lactones) is 1. The number of esters is 1. The number of aliphatic hydroxyl groups excluding tert-OH is 1. The minimum atomic E-state index is -1.12. The first-order valence-electron chi connectivity index (χ1n) is 19.9. The van der Waals surface area contributed by atoms with E-state index >= 15 is 0 Å². The monoisotopic (exact) mass is 796 g/mol. The van der Waals surface area contributed by atoms with Gasteiger partial charge in [-0.3, -0.25) is 39.0 Å². The standard InChI is InChI=1S/C43H48N4O11/c1-23-15-27-10-9-24(2)30(12-11-29-18-28(48)19-37(51)57-29)38(27)34(16-23)58-43(55)45-21-26-6-3-5-25(17-26)20-44-36(50)22-56-33-8-4-7-31-39(33)42(54)47(41(31)53)32-13-14-35(49)46-40(32)52/h3-10,15,17,23-24,28-30,32,34,38,48H,11-14,16,18-22H2,1-2H3,(H,44,50)(H,45,55)(H,46,49,52)/t23-,24-,28+,29+,30-,32?,34-,38-/m0/s1. The second kappa shape index (κ2) is 17.3. The molecule has 3 aliphatic heterocycles. The molecule has 0 radical (unpaired) electrons. The summed E-state index contributed by atoms with van der Waals surface area (Å²) in [6, 6.07) is 10.6. The third-order valence-corrected chi connectivity index (χ3v) is 11.6. The number of piperidine rings is 1. The maximum Gasteiger partial charge on any atom is 0.407 e. The number of hydrogen-bond donors (Lipinski definition) is 4. The number of aliphatic hydroxyl groups is 1. The van der Waals surface area contributed by atoms with Crippen LogP contribution in [-0.2, 0) is 41.7 Å². The van der Waals surface area contributed by atoms with Crippen LogP contribution in [0.3, 0.4) is 0 Å². The van der Waals surface area contributed by atoms with Gasteiger partial charge in [-0.1, -0.05) is 62.4 Å². The molecule has 58 heavy (non-hydrogen) atoms. The minimum absolute atomic E-state index is 0.00537. The van der Waals surface area contributed by atoms with Crippen molar-refractivity contribution >= 4 is 41.6 Å². The number of alkyl carbamates (subject to hydrolysis) is 1. The van der Waals surface area contributed by atoms with E-state index in [1.165, 1.54) is 18.2 Å². The van der Waals surface area contributed by atoms with Crippen LogP contribution in [0.5, 0.6) is 5.75 Å². The Morgan fingerprint density at radius 1 is 0.966 bits per heavy atom. The van der Waals surface area contributed by atoms with Crippen molar-refractivity contribution in [2.75, 3.05) is 6.61 Å². The van der Waals surface area contributed by atoms with Crippen LogP contribution in [0.15, 0.2) is 66.3 Å². The molecule has 0 spiro atoms. The Kier molecular flexibility index (Phi) is 12.1. The van der Waals surface area contributed by atoms with Crippen molar-refractivity contribution in [3.8, 4) is 5.75 Å². The Hall–Kier alpha value is -5.83. The highest BCUT2D eigenvalue weighted by Crippen LogP contribution is 2.45. The maximum absolute atomic E-state index is 13.3. The lowest BCUT2D eigenvalue weighted by atomic mass is 9.65. The van der Waals surface area contributed by atoms with Crippen molar-refractivity contribution in [1.29, 1.82) is 0 Å². The van der Waals surface area contributed by atoms with E-state index in [-0.39, 0.29) is 91.1 Å². The van der Waals surface area contributed by atoms with Crippen molar-refractivity contribution in [3.63, 3.8) is 0 Å². The van der Waals surface area contributed by atoms with Gasteiger partial charge in [0.05, 0.1) is 23.7 Å². The van der Waals surface area contributed by atoms with Crippen LogP contribution in [0.4, 0.5) is 4.79 Å². The van der Waals surface area contributed by atoms with Gasteiger partial charge in [-0.25, -0.2) is 4.79 Å².